The van der Waals surface area contributed by atoms with Crippen LogP contribution in [0.4, 0.5) is 0 Å². The molecule has 2 aromatic heterocycles. The normalized spacial score (nSPS) is 20.6. The minimum absolute atomic E-state index is 0.338. The van der Waals surface area contributed by atoms with Crippen LogP contribution in [-0.4, -0.2) is 28.4 Å². The number of nitrogens with one attached hydrogen (secondary N) is 1. The smallest absolute Gasteiger partial charge is 0.296 e. The van der Waals surface area contributed by atoms with Crippen molar-refractivity contribution in [2.75, 3.05) is 13.1 Å². The summed E-state index contributed by atoms with van der Waals surface area (Å²) in [5.74, 6) is 2.03. The molecule has 2 aromatic rings. The number of hydrogen-bond donors (Lipinski definition) is 1. The molecule has 1 N–H and O–H groups in total. The molecule has 3 heterocycles. The van der Waals surface area contributed by atoms with E-state index in [2.05, 4.69) is 20.6 Å². The Labute approximate surface area is 98.4 Å². The molecule has 0 aromatic carbocycles. The number of nitrogens with zero attached hydrogens (tertiary/aromatic N) is 3. The molecule has 90 valence electrons. The van der Waals surface area contributed by atoms with E-state index in [1.165, 1.54) is 0 Å². The molecule has 0 amide bonds. The van der Waals surface area contributed by atoms with E-state index in [1.807, 2.05) is 6.92 Å². The van der Waals surface area contributed by atoms with Crippen molar-refractivity contribution in [1.82, 2.24) is 20.6 Å². The van der Waals surface area contributed by atoms with Crippen molar-refractivity contribution in [3.05, 3.63) is 17.6 Å². The van der Waals surface area contributed by atoms with Gasteiger partial charge in [0.1, 0.15) is 0 Å². The molecule has 17 heavy (non-hydrogen) atoms. The minimum atomic E-state index is 0.338. The highest BCUT2D eigenvalue weighted by Gasteiger charge is 2.22. The number of rotatable bonds is 2. The van der Waals surface area contributed by atoms with Gasteiger partial charge >= 0.3 is 0 Å². The van der Waals surface area contributed by atoms with Gasteiger partial charge in [0.05, 0.1) is 5.69 Å². The first kappa shape index (κ1) is 10.5. The van der Waals surface area contributed by atoms with E-state index in [0.717, 1.165) is 37.4 Å². The van der Waals surface area contributed by atoms with E-state index >= 15 is 0 Å². The van der Waals surface area contributed by atoms with Crippen LogP contribution < -0.4 is 5.32 Å². The van der Waals surface area contributed by atoms with Crippen molar-refractivity contribution >= 4 is 0 Å². The minimum Gasteiger partial charge on any atom is -0.351 e. The van der Waals surface area contributed by atoms with E-state index in [9.17, 15) is 0 Å². The average molecular weight is 234 g/mol. The molecular formula is C11H14N4O2. The number of aryl methyl sites for hydroxylation is 1. The quantitative estimate of drug-likeness (QED) is 0.848. The largest absolute Gasteiger partial charge is 0.351 e. The van der Waals surface area contributed by atoms with Gasteiger partial charge in [-0.1, -0.05) is 10.3 Å². The van der Waals surface area contributed by atoms with Crippen molar-refractivity contribution in [2.24, 2.45) is 0 Å². The molecule has 0 aliphatic carbocycles. The lowest BCUT2D eigenvalue weighted by molar-refractivity contribution is 0.371. The predicted molar refractivity (Wildman–Crippen MR) is 59.4 cm³/mol. The number of piperidine rings is 1. The molecule has 0 bridgehead atoms. The van der Waals surface area contributed by atoms with E-state index < -0.39 is 0 Å². The van der Waals surface area contributed by atoms with Crippen molar-refractivity contribution in [3.8, 4) is 11.7 Å². The van der Waals surface area contributed by atoms with Gasteiger partial charge in [-0.15, -0.1) is 0 Å². The van der Waals surface area contributed by atoms with Crippen molar-refractivity contribution in [2.45, 2.75) is 25.7 Å². The van der Waals surface area contributed by atoms with Crippen LogP contribution in [0.5, 0.6) is 0 Å². The lowest BCUT2D eigenvalue weighted by atomic mass is 9.99. The maximum atomic E-state index is 5.19. The molecule has 0 spiro atoms. The second-order valence-electron chi connectivity index (χ2n) is 4.33. The van der Waals surface area contributed by atoms with Gasteiger partial charge in [0.15, 0.2) is 5.82 Å². The Hall–Kier alpha value is -1.69. The zero-order chi connectivity index (χ0) is 11.7. The highest BCUT2D eigenvalue weighted by atomic mass is 16.5. The Morgan fingerprint density at radius 2 is 2.29 bits per heavy atom. The first-order valence-electron chi connectivity index (χ1n) is 5.81. The Balaban J connectivity index is 1.82. The van der Waals surface area contributed by atoms with E-state index in [1.54, 1.807) is 6.07 Å². The standard InChI is InChI=1S/C11H14N4O2/c1-7-5-9(16-14-7)11-13-10(15-17-11)8-3-2-4-12-6-8/h5,8,12H,2-4,6H2,1H3. The van der Waals surface area contributed by atoms with E-state index in [0.29, 0.717) is 17.6 Å². The molecule has 0 saturated carbocycles. The zero-order valence-corrected chi connectivity index (χ0v) is 9.64. The molecule has 1 aliphatic rings. The highest BCUT2D eigenvalue weighted by molar-refractivity contribution is 5.43. The zero-order valence-electron chi connectivity index (χ0n) is 9.64. The summed E-state index contributed by atoms with van der Waals surface area (Å²) in [6.07, 6.45) is 2.25. The van der Waals surface area contributed by atoms with Gasteiger partial charge in [-0.2, -0.15) is 4.98 Å². The molecule has 1 saturated heterocycles. The summed E-state index contributed by atoms with van der Waals surface area (Å²) in [5.41, 5.74) is 0.805. The Bertz CT molecular complexity index is 499. The van der Waals surface area contributed by atoms with Gasteiger partial charge in [0.25, 0.3) is 5.89 Å². The maximum absolute atomic E-state index is 5.19. The van der Waals surface area contributed by atoms with Crippen LogP contribution in [-0.2, 0) is 0 Å². The topological polar surface area (TPSA) is 77.0 Å². The summed E-state index contributed by atoms with van der Waals surface area (Å²) >= 11 is 0. The van der Waals surface area contributed by atoms with Crippen LogP contribution in [0.15, 0.2) is 15.1 Å². The van der Waals surface area contributed by atoms with Gasteiger partial charge in [0.2, 0.25) is 5.76 Å². The third-order valence-electron chi connectivity index (χ3n) is 2.94. The lowest BCUT2D eigenvalue weighted by Gasteiger charge is -2.19. The van der Waals surface area contributed by atoms with E-state index in [4.69, 9.17) is 9.05 Å². The number of hydrogen-bond acceptors (Lipinski definition) is 6. The van der Waals surface area contributed by atoms with Gasteiger partial charge in [-0.3, -0.25) is 0 Å². The average Bonchev–Trinajstić information content (AvgIpc) is 2.98. The molecule has 1 unspecified atom stereocenters. The Kier molecular flexibility index (Phi) is 2.64. The fourth-order valence-corrected chi connectivity index (χ4v) is 2.04. The molecule has 0 radical (unpaired) electrons. The van der Waals surface area contributed by atoms with Crippen molar-refractivity contribution < 1.29 is 9.05 Å². The highest BCUT2D eigenvalue weighted by Crippen LogP contribution is 2.24. The van der Waals surface area contributed by atoms with Crippen LogP contribution in [0.2, 0.25) is 0 Å². The summed E-state index contributed by atoms with van der Waals surface area (Å²) in [4.78, 5) is 4.37. The first-order valence-corrected chi connectivity index (χ1v) is 5.81. The van der Waals surface area contributed by atoms with Crippen molar-refractivity contribution in [1.29, 1.82) is 0 Å². The van der Waals surface area contributed by atoms with Gasteiger partial charge in [0, 0.05) is 18.5 Å². The van der Waals surface area contributed by atoms with Crippen molar-refractivity contribution in [3.63, 3.8) is 0 Å². The lowest BCUT2D eigenvalue weighted by Crippen LogP contribution is -2.28. The fraction of sp³-hybridized carbons (Fsp3) is 0.545. The third kappa shape index (κ3) is 2.08. The molecule has 3 rings (SSSR count). The Morgan fingerprint density at radius 1 is 1.35 bits per heavy atom. The molecule has 1 fully saturated rings. The molecule has 1 aliphatic heterocycles. The van der Waals surface area contributed by atoms with Crippen LogP contribution in [0.1, 0.15) is 30.3 Å². The molecular weight excluding hydrogens is 220 g/mol. The molecule has 1 atom stereocenters. The fourth-order valence-electron chi connectivity index (χ4n) is 2.04. The number of aromatic nitrogens is 3. The SMILES string of the molecule is Cc1cc(-c2nc(C3CCCNC3)no2)on1. The third-order valence-corrected chi connectivity index (χ3v) is 2.94. The predicted octanol–water partition coefficient (Wildman–Crippen LogP) is 1.50. The summed E-state index contributed by atoms with van der Waals surface area (Å²) in [6, 6.07) is 1.79. The van der Waals surface area contributed by atoms with Gasteiger partial charge < -0.3 is 14.4 Å². The second kappa shape index (κ2) is 4.29. The van der Waals surface area contributed by atoms with Crippen LogP contribution in [0, 0.1) is 6.92 Å². The van der Waals surface area contributed by atoms with Crippen LogP contribution in [0.25, 0.3) is 11.7 Å². The summed E-state index contributed by atoms with van der Waals surface area (Å²) in [7, 11) is 0. The van der Waals surface area contributed by atoms with Crippen LogP contribution in [0.3, 0.4) is 0 Å². The molecule has 6 heteroatoms. The summed E-state index contributed by atoms with van der Waals surface area (Å²) < 4.78 is 10.3. The van der Waals surface area contributed by atoms with Crippen LogP contribution >= 0.6 is 0 Å². The first-order chi connectivity index (χ1) is 8.33. The van der Waals surface area contributed by atoms with Gasteiger partial charge in [-0.25, -0.2) is 0 Å². The van der Waals surface area contributed by atoms with Gasteiger partial charge in [-0.05, 0) is 26.3 Å². The maximum Gasteiger partial charge on any atom is 0.296 e. The van der Waals surface area contributed by atoms with E-state index in [-0.39, 0.29) is 0 Å². The molecule has 6 nitrogen and oxygen atoms in total. The summed E-state index contributed by atoms with van der Waals surface area (Å²) in [6.45, 7) is 3.84. The monoisotopic (exact) mass is 234 g/mol. The Morgan fingerprint density at radius 3 is 3.00 bits per heavy atom. The summed E-state index contributed by atoms with van der Waals surface area (Å²) in [5, 5.41) is 11.1. The second-order valence-corrected chi connectivity index (χ2v) is 4.33.